The van der Waals surface area contributed by atoms with E-state index >= 15 is 0 Å². The number of phenolic OH excluding ortho intramolecular Hbond substituents is 1. The van der Waals surface area contributed by atoms with Gasteiger partial charge in [-0.3, -0.25) is 0 Å². The van der Waals surface area contributed by atoms with E-state index in [9.17, 15) is 0 Å². The molecule has 0 bridgehead atoms. The topological polar surface area (TPSA) is 72.3 Å². The van der Waals surface area contributed by atoms with Crippen LogP contribution >= 0.6 is 0 Å². The minimum Gasteiger partial charge on any atom is -0.508 e. The average molecular weight is 147 g/mol. The van der Waals surface area contributed by atoms with Crippen LogP contribution in [0.15, 0.2) is 18.2 Å². The third-order valence-corrected chi connectivity index (χ3v) is 1.07. The van der Waals surface area contributed by atoms with Gasteiger partial charge in [0.15, 0.2) is 0 Å². The molecule has 0 atom stereocenters. The number of hydrogen-bond acceptors (Lipinski definition) is 3. The Balaban J connectivity index is 0.000000810. The van der Waals surface area contributed by atoms with Crippen LogP contribution in [0.2, 0.25) is 0 Å². The van der Waals surface area contributed by atoms with Crippen LogP contribution in [0.1, 0.15) is 0 Å². The molecule has 0 amide bonds. The van der Waals surface area contributed by atoms with Gasteiger partial charge in [-0.15, -0.1) is 0 Å². The van der Waals surface area contributed by atoms with Gasteiger partial charge in [-0.1, -0.05) is 0 Å². The molecule has 1 rings (SSSR count). The Hall–Kier alpha value is -0.380. The fraction of sp³-hybridized carbons (Fsp3) is 0. The smallest absolute Gasteiger partial charge is 0.117 e. The Morgan fingerprint density at radius 3 is 2.10 bits per heavy atom. The van der Waals surface area contributed by atoms with Crippen LogP contribution in [0.5, 0.6) is 5.75 Å². The predicted octanol–water partition coefficient (Wildman–Crippen LogP) is 0.176. The molecule has 10 heavy (non-hydrogen) atoms. The minimum absolute atomic E-state index is 0. The Labute approximate surface area is 81.3 Å². The molecule has 0 aromatic heterocycles. The van der Waals surface area contributed by atoms with Gasteiger partial charge in [0.05, 0.1) is 11.4 Å². The largest absolute Gasteiger partial charge is 0.508 e. The maximum Gasteiger partial charge on any atom is 0.117 e. The number of rotatable bonds is 0. The molecule has 0 fully saturated rings. The van der Waals surface area contributed by atoms with E-state index in [0.29, 0.717) is 11.4 Å². The molecule has 1 radical (unpaired) electrons. The first-order valence-corrected chi connectivity index (χ1v) is 2.54. The van der Waals surface area contributed by atoms with E-state index < -0.39 is 0 Å². The third-order valence-electron chi connectivity index (χ3n) is 1.07. The second kappa shape index (κ2) is 3.71. The molecule has 0 aliphatic rings. The Morgan fingerprint density at radius 1 is 1.10 bits per heavy atom. The van der Waals surface area contributed by atoms with Gasteiger partial charge in [0, 0.05) is 35.6 Å². The van der Waals surface area contributed by atoms with Gasteiger partial charge in [-0.25, -0.2) is 0 Å². The predicted molar refractivity (Wildman–Crippen MR) is 42.7 cm³/mol. The molecule has 0 aliphatic carbocycles. The van der Waals surface area contributed by atoms with Gasteiger partial charge in [-0.05, 0) is 12.1 Å². The van der Waals surface area contributed by atoms with Crippen LogP contribution in [0.25, 0.3) is 0 Å². The van der Waals surface area contributed by atoms with Gasteiger partial charge < -0.3 is 16.6 Å². The summed E-state index contributed by atoms with van der Waals surface area (Å²) in [5, 5.41) is 8.80. The van der Waals surface area contributed by atoms with Gasteiger partial charge in [0.2, 0.25) is 0 Å². The van der Waals surface area contributed by atoms with Crippen LogP contribution in [-0.2, 0) is 0 Å². The zero-order chi connectivity index (χ0) is 6.85. The van der Waals surface area contributed by atoms with Gasteiger partial charge in [0.1, 0.15) is 5.75 Å². The number of anilines is 2. The van der Waals surface area contributed by atoms with Crippen molar-refractivity contribution >= 4 is 40.9 Å². The molecule has 3 nitrogen and oxygen atoms in total. The van der Waals surface area contributed by atoms with E-state index in [4.69, 9.17) is 16.6 Å². The monoisotopic (exact) mass is 147 g/mol. The number of benzene rings is 1. The first-order chi connectivity index (χ1) is 4.20. The molecular formula is C6H8N2NaO. The van der Waals surface area contributed by atoms with Crippen molar-refractivity contribution in [2.45, 2.75) is 0 Å². The van der Waals surface area contributed by atoms with E-state index in [-0.39, 0.29) is 35.3 Å². The van der Waals surface area contributed by atoms with Crippen LogP contribution < -0.4 is 11.5 Å². The van der Waals surface area contributed by atoms with E-state index in [1.807, 2.05) is 0 Å². The second-order valence-electron chi connectivity index (χ2n) is 1.81. The summed E-state index contributed by atoms with van der Waals surface area (Å²) in [4.78, 5) is 0. The molecule has 0 aliphatic heterocycles. The van der Waals surface area contributed by atoms with Crippen molar-refractivity contribution in [2.75, 3.05) is 11.5 Å². The zero-order valence-corrected chi connectivity index (χ0v) is 7.83. The fourth-order valence-corrected chi connectivity index (χ4v) is 0.562. The summed E-state index contributed by atoms with van der Waals surface area (Å²) in [7, 11) is 0. The molecular weight excluding hydrogens is 139 g/mol. The number of aromatic hydroxyl groups is 1. The summed E-state index contributed by atoms with van der Waals surface area (Å²) in [5.74, 6) is 0.140. The van der Waals surface area contributed by atoms with E-state index in [1.54, 1.807) is 6.07 Å². The molecule has 4 heteroatoms. The first-order valence-electron chi connectivity index (χ1n) is 2.54. The Bertz CT molecular complexity index is 227. The van der Waals surface area contributed by atoms with Crippen molar-refractivity contribution < 1.29 is 5.11 Å². The van der Waals surface area contributed by atoms with Gasteiger partial charge >= 0.3 is 0 Å². The summed E-state index contributed by atoms with van der Waals surface area (Å²) < 4.78 is 0. The molecule has 0 spiro atoms. The number of hydrogen-bond donors (Lipinski definition) is 3. The molecule has 0 saturated carbocycles. The molecule has 0 saturated heterocycles. The van der Waals surface area contributed by atoms with Crippen LogP contribution in [0, 0.1) is 0 Å². The number of phenols is 1. The summed E-state index contributed by atoms with van der Waals surface area (Å²) in [5.41, 5.74) is 11.6. The molecule has 1 aromatic carbocycles. The molecule has 49 valence electrons. The van der Waals surface area contributed by atoms with Crippen LogP contribution in [0.4, 0.5) is 11.4 Å². The zero-order valence-electron chi connectivity index (χ0n) is 5.83. The van der Waals surface area contributed by atoms with Crippen molar-refractivity contribution in [3.8, 4) is 5.75 Å². The van der Waals surface area contributed by atoms with Crippen LogP contribution in [-0.4, -0.2) is 34.7 Å². The Morgan fingerprint density at radius 2 is 1.70 bits per heavy atom. The summed E-state index contributed by atoms with van der Waals surface area (Å²) in [6, 6.07) is 4.46. The molecule has 0 heterocycles. The second-order valence-corrected chi connectivity index (χ2v) is 1.81. The Kier molecular flexibility index (Phi) is 3.57. The molecule has 1 aromatic rings. The van der Waals surface area contributed by atoms with Crippen LogP contribution in [0.3, 0.4) is 0 Å². The van der Waals surface area contributed by atoms with Crippen molar-refractivity contribution in [3.63, 3.8) is 0 Å². The third kappa shape index (κ3) is 2.10. The van der Waals surface area contributed by atoms with E-state index in [1.165, 1.54) is 12.1 Å². The van der Waals surface area contributed by atoms with Crippen molar-refractivity contribution in [2.24, 2.45) is 0 Å². The number of nitrogen functional groups attached to an aromatic ring is 2. The maximum absolute atomic E-state index is 8.80. The standard InChI is InChI=1S/C6H8N2O.Na/c7-5-2-1-4(9)3-6(5)8;/h1-3,9H,7-8H2;. The summed E-state index contributed by atoms with van der Waals surface area (Å²) >= 11 is 0. The minimum atomic E-state index is 0. The SMILES string of the molecule is Nc1ccc(O)cc1N.[Na]. The fourth-order valence-electron chi connectivity index (χ4n) is 0.562. The summed E-state index contributed by atoms with van der Waals surface area (Å²) in [6.45, 7) is 0. The van der Waals surface area contributed by atoms with Crippen molar-refractivity contribution in [3.05, 3.63) is 18.2 Å². The van der Waals surface area contributed by atoms with Crippen molar-refractivity contribution in [1.82, 2.24) is 0 Å². The molecule has 5 N–H and O–H groups in total. The normalized spacial score (nSPS) is 8.40. The van der Waals surface area contributed by atoms with E-state index in [0.717, 1.165) is 0 Å². The molecule has 0 unspecified atom stereocenters. The quantitative estimate of drug-likeness (QED) is 0.278. The van der Waals surface area contributed by atoms with Gasteiger partial charge in [-0.2, -0.15) is 0 Å². The summed E-state index contributed by atoms with van der Waals surface area (Å²) in [6.07, 6.45) is 0. The maximum atomic E-state index is 8.80. The average Bonchev–Trinajstić information content (AvgIpc) is 1.80. The first kappa shape index (κ1) is 9.62. The van der Waals surface area contributed by atoms with Gasteiger partial charge in [0.25, 0.3) is 0 Å². The van der Waals surface area contributed by atoms with E-state index in [2.05, 4.69) is 0 Å². The van der Waals surface area contributed by atoms with Crippen molar-refractivity contribution in [1.29, 1.82) is 0 Å². The number of nitrogens with two attached hydrogens (primary N) is 2.